The first-order valence-corrected chi connectivity index (χ1v) is 6.39. The summed E-state index contributed by atoms with van der Waals surface area (Å²) in [5, 5.41) is 0. The fraction of sp³-hybridized carbons (Fsp3) is 0.917. The van der Waals surface area contributed by atoms with Crippen molar-refractivity contribution in [3.63, 3.8) is 0 Å². The Kier molecular flexibility index (Phi) is 6.29. The van der Waals surface area contributed by atoms with Crippen LogP contribution >= 0.6 is 0 Å². The second-order valence-electron chi connectivity index (χ2n) is 4.78. The fourth-order valence-corrected chi connectivity index (χ4v) is 2.20. The van der Waals surface area contributed by atoms with Crippen LogP contribution < -0.4 is 5.73 Å². The Morgan fingerprint density at radius 1 is 1.35 bits per heavy atom. The molecule has 1 atom stereocenters. The van der Waals surface area contributed by atoms with Gasteiger partial charge in [0, 0.05) is 39.8 Å². The molecule has 0 radical (unpaired) electrons. The number of ether oxygens (including phenoxy) is 1. The predicted octanol–water partition coefficient (Wildman–Crippen LogP) is 0.888. The van der Waals surface area contributed by atoms with Gasteiger partial charge >= 0.3 is 6.03 Å². The minimum absolute atomic E-state index is 0.0958. The molecule has 0 aromatic carbocycles. The average molecular weight is 243 g/mol. The Bertz CT molecular complexity index is 228. The molecule has 17 heavy (non-hydrogen) atoms. The van der Waals surface area contributed by atoms with E-state index < -0.39 is 0 Å². The van der Waals surface area contributed by atoms with Crippen molar-refractivity contribution >= 4 is 6.03 Å². The highest BCUT2D eigenvalue weighted by Gasteiger charge is 2.20. The van der Waals surface area contributed by atoms with Crippen LogP contribution in [0.2, 0.25) is 0 Å². The second-order valence-corrected chi connectivity index (χ2v) is 4.78. The summed E-state index contributed by atoms with van der Waals surface area (Å²) >= 11 is 0. The van der Waals surface area contributed by atoms with Gasteiger partial charge in [-0.2, -0.15) is 0 Å². The molecule has 1 saturated heterocycles. The molecule has 1 rings (SSSR count). The van der Waals surface area contributed by atoms with E-state index in [-0.39, 0.29) is 12.1 Å². The van der Waals surface area contributed by atoms with Gasteiger partial charge in [0.2, 0.25) is 0 Å². The van der Waals surface area contributed by atoms with Crippen LogP contribution in [0.4, 0.5) is 4.79 Å². The molecule has 0 aromatic rings. The molecule has 1 aliphatic rings. The maximum Gasteiger partial charge on any atom is 0.319 e. The van der Waals surface area contributed by atoms with E-state index in [9.17, 15) is 4.79 Å². The van der Waals surface area contributed by atoms with Crippen LogP contribution in [0.5, 0.6) is 0 Å². The summed E-state index contributed by atoms with van der Waals surface area (Å²) in [5.41, 5.74) is 5.85. The Balaban J connectivity index is 2.38. The minimum atomic E-state index is -0.110. The summed E-state index contributed by atoms with van der Waals surface area (Å²) < 4.78 is 4.97. The van der Waals surface area contributed by atoms with E-state index in [1.54, 1.807) is 12.0 Å². The average Bonchev–Trinajstić information content (AvgIpc) is 2.56. The molecule has 1 fully saturated rings. The maximum absolute atomic E-state index is 12.1. The largest absolute Gasteiger partial charge is 0.383 e. The zero-order chi connectivity index (χ0) is 12.7. The molecule has 0 bridgehead atoms. The van der Waals surface area contributed by atoms with Gasteiger partial charge in [0.05, 0.1) is 6.61 Å². The molecule has 100 valence electrons. The lowest BCUT2D eigenvalue weighted by molar-refractivity contribution is 0.142. The van der Waals surface area contributed by atoms with Crippen molar-refractivity contribution in [2.45, 2.75) is 31.7 Å². The van der Waals surface area contributed by atoms with Crippen molar-refractivity contribution in [2.75, 3.05) is 40.4 Å². The first kappa shape index (κ1) is 14.3. The zero-order valence-corrected chi connectivity index (χ0v) is 11.0. The summed E-state index contributed by atoms with van der Waals surface area (Å²) in [6.45, 7) is 2.78. The Hall–Kier alpha value is -0.810. The van der Waals surface area contributed by atoms with Crippen molar-refractivity contribution in [1.82, 2.24) is 9.80 Å². The number of hydrogen-bond acceptors (Lipinski definition) is 3. The van der Waals surface area contributed by atoms with Crippen molar-refractivity contribution in [3.8, 4) is 0 Å². The van der Waals surface area contributed by atoms with Gasteiger partial charge in [0.25, 0.3) is 0 Å². The van der Waals surface area contributed by atoms with E-state index in [2.05, 4.69) is 0 Å². The van der Waals surface area contributed by atoms with E-state index in [0.717, 1.165) is 25.9 Å². The fourth-order valence-electron chi connectivity index (χ4n) is 2.20. The Morgan fingerprint density at radius 3 is 2.47 bits per heavy atom. The maximum atomic E-state index is 12.1. The van der Waals surface area contributed by atoms with Gasteiger partial charge in [0.15, 0.2) is 0 Å². The van der Waals surface area contributed by atoms with Gasteiger partial charge in [-0.25, -0.2) is 4.79 Å². The van der Waals surface area contributed by atoms with Gasteiger partial charge < -0.3 is 20.3 Å². The van der Waals surface area contributed by atoms with Crippen molar-refractivity contribution in [2.24, 2.45) is 5.73 Å². The number of likely N-dealkylation sites (N-methyl/N-ethyl adjacent to an activating group) is 1. The van der Waals surface area contributed by atoms with E-state index in [0.29, 0.717) is 13.2 Å². The second kappa shape index (κ2) is 7.50. The van der Waals surface area contributed by atoms with E-state index in [4.69, 9.17) is 10.5 Å². The normalized spacial score (nSPS) is 18.6. The van der Waals surface area contributed by atoms with Crippen molar-refractivity contribution in [3.05, 3.63) is 0 Å². The molecular formula is C12H25N3O2. The molecular weight excluding hydrogens is 218 g/mol. The number of amides is 2. The summed E-state index contributed by atoms with van der Waals surface area (Å²) in [7, 11) is 3.43. The van der Waals surface area contributed by atoms with Crippen molar-refractivity contribution < 1.29 is 9.53 Å². The number of carbonyl (C=O) groups is 1. The molecule has 5 nitrogen and oxygen atoms in total. The van der Waals surface area contributed by atoms with Gasteiger partial charge in [-0.15, -0.1) is 0 Å². The number of methoxy groups -OCH3 is 1. The molecule has 1 heterocycles. The summed E-state index contributed by atoms with van der Waals surface area (Å²) in [6, 6.07) is -0.0145. The van der Waals surface area contributed by atoms with Gasteiger partial charge in [-0.05, 0) is 12.8 Å². The lowest BCUT2D eigenvalue weighted by atomic mass is 10.2. The third-order valence-electron chi connectivity index (χ3n) is 3.09. The van der Waals surface area contributed by atoms with Crippen LogP contribution in [-0.2, 0) is 4.74 Å². The molecule has 0 saturated carbocycles. The first-order valence-electron chi connectivity index (χ1n) is 6.39. The highest BCUT2D eigenvalue weighted by atomic mass is 16.5. The molecule has 1 aliphatic heterocycles. The number of likely N-dealkylation sites (tertiary alicyclic amines) is 1. The number of rotatable bonds is 4. The summed E-state index contributed by atoms with van der Waals surface area (Å²) in [5.74, 6) is 0. The van der Waals surface area contributed by atoms with Gasteiger partial charge in [-0.1, -0.05) is 12.8 Å². The predicted molar refractivity (Wildman–Crippen MR) is 67.9 cm³/mol. The lowest BCUT2D eigenvalue weighted by Crippen LogP contribution is -2.47. The smallest absolute Gasteiger partial charge is 0.319 e. The van der Waals surface area contributed by atoms with E-state index >= 15 is 0 Å². The third kappa shape index (κ3) is 4.91. The molecule has 5 heteroatoms. The molecule has 0 aliphatic carbocycles. The number of urea groups is 1. The number of nitrogens with zero attached hydrogens (tertiary/aromatic N) is 2. The highest BCUT2D eigenvalue weighted by Crippen LogP contribution is 2.11. The molecule has 2 amide bonds. The van der Waals surface area contributed by atoms with E-state index in [1.807, 2.05) is 11.9 Å². The molecule has 0 aromatic heterocycles. The van der Waals surface area contributed by atoms with Crippen LogP contribution in [0.15, 0.2) is 0 Å². The standard InChI is InChI=1S/C12H25N3O2/c1-14(9-11(13)10-17-2)12(16)15-7-5-3-4-6-8-15/h11H,3-10,13H2,1-2H3. The Morgan fingerprint density at radius 2 is 1.94 bits per heavy atom. The quantitative estimate of drug-likeness (QED) is 0.797. The number of nitrogens with two attached hydrogens (primary N) is 1. The lowest BCUT2D eigenvalue weighted by Gasteiger charge is -2.28. The van der Waals surface area contributed by atoms with Crippen LogP contribution in [0.3, 0.4) is 0 Å². The highest BCUT2D eigenvalue weighted by molar-refractivity contribution is 5.74. The monoisotopic (exact) mass is 243 g/mol. The van der Waals surface area contributed by atoms with E-state index in [1.165, 1.54) is 12.8 Å². The zero-order valence-electron chi connectivity index (χ0n) is 11.0. The molecule has 0 spiro atoms. The van der Waals surface area contributed by atoms with Crippen LogP contribution in [0.1, 0.15) is 25.7 Å². The van der Waals surface area contributed by atoms with Gasteiger partial charge in [0.1, 0.15) is 0 Å². The van der Waals surface area contributed by atoms with Crippen molar-refractivity contribution in [1.29, 1.82) is 0 Å². The molecule has 1 unspecified atom stereocenters. The SMILES string of the molecule is COCC(N)CN(C)C(=O)N1CCCCCC1. The molecule has 2 N–H and O–H groups in total. The first-order chi connectivity index (χ1) is 8.15. The number of hydrogen-bond donors (Lipinski definition) is 1. The topological polar surface area (TPSA) is 58.8 Å². The minimum Gasteiger partial charge on any atom is -0.383 e. The van der Waals surface area contributed by atoms with Crippen LogP contribution in [0.25, 0.3) is 0 Å². The Labute approximate surface area is 104 Å². The summed E-state index contributed by atoms with van der Waals surface area (Å²) in [4.78, 5) is 15.8. The summed E-state index contributed by atoms with van der Waals surface area (Å²) in [6.07, 6.45) is 4.70. The van der Waals surface area contributed by atoms with Crippen LogP contribution in [-0.4, -0.2) is 62.3 Å². The number of carbonyl (C=O) groups excluding carboxylic acids is 1. The van der Waals surface area contributed by atoms with Crippen LogP contribution in [0, 0.1) is 0 Å². The van der Waals surface area contributed by atoms with Gasteiger partial charge in [-0.3, -0.25) is 0 Å². The third-order valence-corrected chi connectivity index (χ3v) is 3.09.